The monoisotopic (exact) mass is 266 g/mol. The molecule has 1 aromatic heterocycles. The fourth-order valence-electron chi connectivity index (χ4n) is 2.81. The van der Waals surface area contributed by atoms with Crippen LogP contribution in [0.3, 0.4) is 0 Å². The maximum atomic E-state index is 12.3. The lowest BCUT2D eigenvalue weighted by molar-refractivity contribution is -0.140. The third-order valence-electron chi connectivity index (χ3n) is 3.91. The van der Waals surface area contributed by atoms with Gasteiger partial charge >= 0.3 is 5.97 Å². The molecule has 1 amide bonds. The minimum absolute atomic E-state index is 0.0207. The Morgan fingerprint density at radius 3 is 2.63 bits per heavy atom. The van der Waals surface area contributed by atoms with Crippen LogP contribution in [0.4, 0.5) is 0 Å². The molecule has 0 aromatic carbocycles. The summed E-state index contributed by atoms with van der Waals surface area (Å²) in [5.41, 5.74) is -0.377. The average molecular weight is 266 g/mol. The highest BCUT2D eigenvalue weighted by Gasteiger charge is 2.41. The molecule has 0 unspecified atom stereocenters. The number of carbonyl (C=O) groups is 2. The molecule has 0 atom stereocenters. The first-order valence-corrected chi connectivity index (χ1v) is 6.41. The van der Waals surface area contributed by atoms with Gasteiger partial charge in [-0.3, -0.25) is 9.59 Å². The summed E-state index contributed by atoms with van der Waals surface area (Å²) in [6.45, 7) is 0. The van der Waals surface area contributed by atoms with Crippen molar-refractivity contribution in [2.75, 3.05) is 7.05 Å². The van der Waals surface area contributed by atoms with E-state index in [9.17, 15) is 9.59 Å². The number of carboxylic acids is 1. The number of rotatable bonds is 4. The Balaban J connectivity index is 2.22. The van der Waals surface area contributed by atoms with Gasteiger partial charge in [0, 0.05) is 7.05 Å². The molecule has 1 saturated carbocycles. The molecule has 1 aliphatic carbocycles. The van der Waals surface area contributed by atoms with E-state index in [0.29, 0.717) is 0 Å². The van der Waals surface area contributed by atoms with Gasteiger partial charge in [-0.25, -0.2) is 0 Å². The molecule has 1 fully saturated rings. The van der Waals surface area contributed by atoms with Gasteiger partial charge in [0.05, 0.1) is 18.2 Å². The van der Waals surface area contributed by atoms with Gasteiger partial charge in [0.15, 0.2) is 5.69 Å². The average Bonchev–Trinajstić information content (AvgIpc) is 2.91. The van der Waals surface area contributed by atoms with Crippen LogP contribution in [0.15, 0.2) is 6.20 Å². The molecular weight excluding hydrogens is 248 g/mol. The van der Waals surface area contributed by atoms with E-state index >= 15 is 0 Å². The minimum Gasteiger partial charge on any atom is -0.481 e. The third-order valence-corrected chi connectivity index (χ3v) is 3.91. The minimum atomic E-state index is -0.873. The molecular formula is C12H18N4O3. The zero-order chi connectivity index (χ0) is 13.9. The number of nitrogens with zero attached hydrogens (tertiary/aromatic N) is 3. The van der Waals surface area contributed by atoms with Crippen molar-refractivity contribution in [3.8, 4) is 0 Å². The lowest BCUT2D eigenvalue weighted by atomic mass is 9.78. The van der Waals surface area contributed by atoms with Crippen LogP contribution in [0.2, 0.25) is 0 Å². The zero-order valence-corrected chi connectivity index (χ0v) is 10.9. The van der Waals surface area contributed by atoms with Crippen molar-refractivity contribution in [3.63, 3.8) is 0 Å². The number of aromatic amines is 1. The van der Waals surface area contributed by atoms with E-state index in [2.05, 4.69) is 15.4 Å². The first kappa shape index (κ1) is 13.5. The van der Waals surface area contributed by atoms with Crippen LogP contribution in [0.25, 0.3) is 0 Å². The second-order valence-corrected chi connectivity index (χ2v) is 5.07. The van der Waals surface area contributed by atoms with Crippen molar-refractivity contribution in [3.05, 3.63) is 11.9 Å². The fourth-order valence-corrected chi connectivity index (χ4v) is 2.81. The van der Waals surface area contributed by atoms with Crippen molar-refractivity contribution < 1.29 is 14.7 Å². The Labute approximate surface area is 111 Å². The van der Waals surface area contributed by atoms with Gasteiger partial charge in [0.1, 0.15) is 0 Å². The molecule has 0 radical (unpaired) electrons. The summed E-state index contributed by atoms with van der Waals surface area (Å²) in [5, 5.41) is 18.9. The van der Waals surface area contributed by atoms with Crippen LogP contribution < -0.4 is 0 Å². The van der Waals surface area contributed by atoms with Gasteiger partial charge in [-0.05, 0) is 12.8 Å². The lowest BCUT2D eigenvalue weighted by Crippen LogP contribution is -2.52. The second-order valence-electron chi connectivity index (χ2n) is 5.07. The molecule has 19 heavy (non-hydrogen) atoms. The van der Waals surface area contributed by atoms with Crippen molar-refractivity contribution in [2.24, 2.45) is 0 Å². The molecule has 1 heterocycles. The molecule has 0 spiro atoms. The molecule has 0 saturated heterocycles. The number of nitrogens with one attached hydrogen (secondary N) is 1. The van der Waals surface area contributed by atoms with E-state index in [4.69, 9.17) is 5.11 Å². The van der Waals surface area contributed by atoms with Gasteiger partial charge in [0.2, 0.25) is 0 Å². The SMILES string of the molecule is CN(C(=O)c1cn[nH]n1)C1(CC(=O)O)CCCCC1. The smallest absolute Gasteiger partial charge is 0.305 e. The number of H-pyrrole nitrogens is 1. The van der Waals surface area contributed by atoms with Crippen LogP contribution in [0, 0.1) is 0 Å². The zero-order valence-electron chi connectivity index (χ0n) is 10.9. The molecule has 2 N–H and O–H groups in total. The molecule has 0 bridgehead atoms. The summed E-state index contributed by atoms with van der Waals surface area (Å²) < 4.78 is 0. The van der Waals surface area contributed by atoms with Gasteiger partial charge in [0.25, 0.3) is 5.91 Å². The number of amides is 1. The van der Waals surface area contributed by atoms with E-state index in [1.807, 2.05) is 0 Å². The normalized spacial score (nSPS) is 17.9. The Hall–Kier alpha value is -1.92. The maximum Gasteiger partial charge on any atom is 0.305 e. The molecule has 2 rings (SSSR count). The van der Waals surface area contributed by atoms with Gasteiger partial charge in [-0.2, -0.15) is 15.4 Å². The maximum absolute atomic E-state index is 12.3. The topological polar surface area (TPSA) is 99.2 Å². The molecule has 104 valence electrons. The highest BCUT2D eigenvalue weighted by Crippen LogP contribution is 2.36. The summed E-state index contributed by atoms with van der Waals surface area (Å²) in [7, 11) is 1.66. The van der Waals surface area contributed by atoms with Crippen LogP contribution in [0.5, 0.6) is 0 Å². The molecule has 0 aliphatic heterocycles. The Morgan fingerprint density at radius 1 is 1.42 bits per heavy atom. The predicted octanol–water partition coefficient (Wildman–Crippen LogP) is 1.05. The summed E-state index contributed by atoms with van der Waals surface area (Å²) in [5.74, 6) is -1.15. The van der Waals surface area contributed by atoms with Crippen LogP contribution in [-0.4, -0.2) is 49.9 Å². The highest BCUT2D eigenvalue weighted by molar-refractivity contribution is 5.92. The van der Waals surface area contributed by atoms with Crippen LogP contribution in [0.1, 0.15) is 49.0 Å². The highest BCUT2D eigenvalue weighted by atomic mass is 16.4. The molecule has 1 aromatic rings. The number of aliphatic carboxylic acids is 1. The number of hydrogen-bond acceptors (Lipinski definition) is 4. The number of aromatic nitrogens is 3. The molecule has 1 aliphatic rings. The summed E-state index contributed by atoms with van der Waals surface area (Å²) in [4.78, 5) is 25.0. The fraction of sp³-hybridized carbons (Fsp3) is 0.667. The van der Waals surface area contributed by atoms with Crippen molar-refractivity contribution in [1.82, 2.24) is 20.3 Å². The summed E-state index contributed by atoms with van der Waals surface area (Å²) in [6.07, 6.45) is 5.77. The number of carbonyl (C=O) groups excluding carboxylic acids is 1. The van der Waals surface area contributed by atoms with Crippen molar-refractivity contribution >= 4 is 11.9 Å². The third kappa shape index (κ3) is 2.74. The van der Waals surface area contributed by atoms with Gasteiger partial charge in [-0.1, -0.05) is 19.3 Å². The second kappa shape index (κ2) is 5.38. The van der Waals surface area contributed by atoms with Gasteiger partial charge in [-0.15, -0.1) is 0 Å². The first-order valence-electron chi connectivity index (χ1n) is 6.41. The van der Waals surface area contributed by atoms with Crippen LogP contribution >= 0.6 is 0 Å². The summed E-state index contributed by atoms with van der Waals surface area (Å²) in [6, 6.07) is 0. The van der Waals surface area contributed by atoms with E-state index in [-0.39, 0.29) is 18.0 Å². The Bertz CT molecular complexity index is 452. The molecule has 7 nitrogen and oxygen atoms in total. The summed E-state index contributed by atoms with van der Waals surface area (Å²) >= 11 is 0. The Kier molecular flexibility index (Phi) is 3.82. The predicted molar refractivity (Wildman–Crippen MR) is 66.5 cm³/mol. The van der Waals surface area contributed by atoms with E-state index in [1.54, 1.807) is 7.05 Å². The van der Waals surface area contributed by atoms with Gasteiger partial charge < -0.3 is 10.0 Å². The lowest BCUT2D eigenvalue weighted by Gasteiger charge is -2.43. The van der Waals surface area contributed by atoms with Crippen LogP contribution in [-0.2, 0) is 4.79 Å². The Morgan fingerprint density at radius 2 is 2.11 bits per heavy atom. The number of carboxylic acid groups (broad SMARTS) is 1. The van der Waals surface area contributed by atoms with Crippen molar-refractivity contribution in [1.29, 1.82) is 0 Å². The quantitative estimate of drug-likeness (QED) is 0.848. The largest absolute Gasteiger partial charge is 0.481 e. The standard InChI is InChI=1S/C12H18N4O3/c1-16(11(19)9-8-13-15-14-9)12(7-10(17)18)5-3-2-4-6-12/h8H,2-7H2,1H3,(H,17,18)(H,13,14,15). The van der Waals surface area contributed by atoms with Crippen molar-refractivity contribution in [2.45, 2.75) is 44.1 Å². The van der Waals surface area contributed by atoms with E-state index in [0.717, 1.165) is 32.1 Å². The first-order chi connectivity index (χ1) is 9.05. The molecule has 7 heteroatoms. The number of hydrogen-bond donors (Lipinski definition) is 2. The van der Waals surface area contributed by atoms with E-state index in [1.165, 1.54) is 11.1 Å². The van der Waals surface area contributed by atoms with E-state index < -0.39 is 11.5 Å².